The lowest BCUT2D eigenvalue weighted by atomic mass is 10.0. The zero-order chi connectivity index (χ0) is 55.7. The van der Waals surface area contributed by atoms with Gasteiger partial charge in [0.2, 0.25) is 0 Å². The zero-order valence-electron chi connectivity index (χ0n) is 50.7. The van der Waals surface area contributed by atoms with Gasteiger partial charge >= 0.3 is 17.9 Å². The standard InChI is InChI=1S/C71H122O6/c1-4-7-10-13-15-17-19-21-23-25-27-29-31-33-35-37-39-41-43-45-47-49-51-53-55-58-61-64-70(73)76-67-68(66-75-69(72)63-60-57-12-9-6-3)77-71(74)65-62-59-56-54-52-50-48-46-44-42-40-38-36-34-32-30-28-26-24-22-20-18-16-14-11-8-5-2/h7-8,10-11,15-18,21-24,27-30,68H,4-6,9,12-14,19-20,25-26,31-67H2,1-3H3/b10-7-,11-8-,17-15-,18-16-,23-21-,24-22-,29-27-,30-28-. The number of carbonyl (C=O) groups excluding carboxylic acids is 3. The molecule has 0 fully saturated rings. The monoisotopic (exact) mass is 1070 g/mol. The van der Waals surface area contributed by atoms with E-state index in [2.05, 4.69) is 118 Å². The average molecular weight is 1070 g/mol. The minimum absolute atomic E-state index is 0.0751. The van der Waals surface area contributed by atoms with Crippen LogP contribution < -0.4 is 0 Å². The van der Waals surface area contributed by atoms with Crippen LogP contribution in [-0.4, -0.2) is 37.2 Å². The number of unbranched alkanes of at least 4 members (excludes halogenated alkanes) is 32. The number of rotatable bonds is 59. The van der Waals surface area contributed by atoms with Gasteiger partial charge in [-0.3, -0.25) is 14.4 Å². The number of esters is 3. The topological polar surface area (TPSA) is 78.9 Å². The van der Waals surface area contributed by atoms with Crippen molar-refractivity contribution in [2.75, 3.05) is 13.2 Å². The van der Waals surface area contributed by atoms with Crippen molar-refractivity contribution < 1.29 is 28.6 Å². The lowest BCUT2D eigenvalue weighted by molar-refractivity contribution is -0.167. The summed E-state index contributed by atoms with van der Waals surface area (Å²) in [6, 6.07) is 0. The van der Waals surface area contributed by atoms with Crippen molar-refractivity contribution in [3.05, 3.63) is 97.2 Å². The Morgan fingerprint density at radius 3 is 0.792 bits per heavy atom. The summed E-state index contributed by atoms with van der Waals surface area (Å²) in [6.07, 6.45) is 87.6. The molecule has 0 aliphatic carbocycles. The third kappa shape index (κ3) is 63.0. The molecule has 0 aliphatic heterocycles. The van der Waals surface area contributed by atoms with E-state index >= 15 is 0 Å². The summed E-state index contributed by atoms with van der Waals surface area (Å²) in [7, 11) is 0. The van der Waals surface area contributed by atoms with Crippen LogP contribution in [-0.2, 0) is 28.6 Å². The Bertz CT molecular complexity index is 1510. The molecule has 442 valence electrons. The molecule has 0 saturated carbocycles. The first-order chi connectivity index (χ1) is 38.0. The van der Waals surface area contributed by atoms with Crippen LogP contribution in [0.3, 0.4) is 0 Å². The van der Waals surface area contributed by atoms with Gasteiger partial charge in [0.15, 0.2) is 6.10 Å². The van der Waals surface area contributed by atoms with Gasteiger partial charge in [-0.1, -0.05) is 298 Å². The second-order valence-corrected chi connectivity index (χ2v) is 21.6. The maximum atomic E-state index is 12.8. The quantitative estimate of drug-likeness (QED) is 0.0261. The summed E-state index contributed by atoms with van der Waals surface area (Å²) in [5, 5.41) is 0. The van der Waals surface area contributed by atoms with Crippen molar-refractivity contribution in [1.29, 1.82) is 0 Å². The maximum absolute atomic E-state index is 12.8. The lowest BCUT2D eigenvalue weighted by Crippen LogP contribution is -2.30. The molecule has 0 aromatic rings. The Balaban J connectivity index is 4.01. The van der Waals surface area contributed by atoms with Crippen LogP contribution in [0.4, 0.5) is 0 Å². The Labute approximate surface area is 477 Å². The van der Waals surface area contributed by atoms with Gasteiger partial charge in [-0.2, -0.15) is 0 Å². The molecule has 0 aromatic heterocycles. The SMILES string of the molecule is CC/C=C\C/C=C\C/C=C\C/C=C\CCCCCCCCCCCCCCCCC(=O)OCC(COC(=O)CCCCCCC)OC(=O)CCCCCCCCCCCCCCCC/C=C\C/C=C\C/C=C\C/C=C\CC. The molecule has 0 N–H and O–H groups in total. The van der Waals surface area contributed by atoms with E-state index in [0.29, 0.717) is 19.3 Å². The van der Waals surface area contributed by atoms with Crippen LogP contribution in [0.5, 0.6) is 0 Å². The summed E-state index contributed by atoms with van der Waals surface area (Å²) in [5.74, 6) is -0.879. The van der Waals surface area contributed by atoms with Gasteiger partial charge in [0.1, 0.15) is 13.2 Å². The molecule has 77 heavy (non-hydrogen) atoms. The van der Waals surface area contributed by atoms with Crippen molar-refractivity contribution >= 4 is 17.9 Å². The fourth-order valence-electron chi connectivity index (χ4n) is 9.25. The molecule has 0 aliphatic rings. The van der Waals surface area contributed by atoms with Crippen molar-refractivity contribution in [2.24, 2.45) is 0 Å². The van der Waals surface area contributed by atoms with Crippen LogP contribution in [0.25, 0.3) is 0 Å². The van der Waals surface area contributed by atoms with Gasteiger partial charge in [-0.15, -0.1) is 0 Å². The van der Waals surface area contributed by atoms with E-state index in [0.717, 1.165) is 116 Å². The van der Waals surface area contributed by atoms with E-state index in [1.54, 1.807) is 0 Å². The molecule has 0 radical (unpaired) electrons. The van der Waals surface area contributed by atoms with Gasteiger partial charge in [-0.05, 0) is 96.3 Å². The van der Waals surface area contributed by atoms with Crippen molar-refractivity contribution in [1.82, 2.24) is 0 Å². The van der Waals surface area contributed by atoms with Crippen LogP contribution >= 0.6 is 0 Å². The maximum Gasteiger partial charge on any atom is 0.306 e. The molecule has 0 aromatic carbocycles. The first-order valence-electron chi connectivity index (χ1n) is 32.7. The number of hydrogen-bond donors (Lipinski definition) is 0. The molecule has 0 rings (SSSR count). The van der Waals surface area contributed by atoms with Crippen LogP contribution in [0, 0.1) is 0 Å². The first-order valence-corrected chi connectivity index (χ1v) is 32.7. The van der Waals surface area contributed by atoms with E-state index in [1.165, 1.54) is 161 Å². The third-order valence-corrected chi connectivity index (χ3v) is 14.1. The first kappa shape index (κ1) is 73.3. The molecule has 6 nitrogen and oxygen atoms in total. The van der Waals surface area contributed by atoms with E-state index < -0.39 is 6.10 Å². The van der Waals surface area contributed by atoms with E-state index in [4.69, 9.17) is 14.2 Å². The number of hydrogen-bond acceptors (Lipinski definition) is 6. The second kappa shape index (κ2) is 64.9. The van der Waals surface area contributed by atoms with Gasteiger partial charge in [-0.25, -0.2) is 0 Å². The minimum atomic E-state index is -0.774. The molecular weight excluding hydrogens is 949 g/mol. The van der Waals surface area contributed by atoms with Crippen molar-refractivity contribution in [2.45, 2.75) is 322 Å². The summed E-state index contributed by atoms with van der Waals surface area (Å²) in [5.41, 5.74) is 0. The molecule has 1 unspecified atom stereocenters. The summed E-state index contributed by atoms with van der Waals surface area (Å²) < 4.78 is 16.8. The highest BCUT2D eigenvalue weighted by Gasteiger charge is 2.19. The van der Waals surface area contributed by atoms with Gasteiger partial charge in [0.25, 0.3) is 0 Å². The van der Waals surface area contributed by atoms with Crippen molar-refractivity contribution in [3.8, 4) is 0 Å². The molecule has 0 bridgehead atoms. The van der Waals surface area contributed by atoms with Crippen LogP contribution in [0.15, 0.2) is 97.2 Å². The Morgan fingerprint density at radius 1 is 0.273 bits per heavy atom. The summed E-state index contributed by atoms with van der Waals surface area (Å²) >= 11 is 0. The third-order valence-electron chi connectivity index (χ3n) is 14.1. The lowest BCUT2D eigenvalue weighted by Gasteiger charge is -2.18. The Hall–Kier alpha value is -3.67. The van der Waals surface area contributed by atoms with Gasteiger partial charge in [0.05, 0.1) is 0 Å². The molecule has 0 heterocycles. The predicted octanol–water partition coefficient (Wildman–Crippen LogP) is 22.4. The highest BCUT2D eigenvalue weighted by atomic mass is 16.6. The fourth-order valence-corrected chi connectivity index (χ4v) is 9.25. The summed E-state index contributed by atoms with van der Waals surface area (Å²) in [6.45, 7) is 6.36. The largest absolute Gasteiger partial charge is 0.462 e. The smallest absolute Gasteiger partial charge is 0.306 e. The molecule has 0 saturated heterocycles. The molecular formula is C71H122O6. The van der Waals surface area contributed by atoms with E-state index in [9.17, 15) is 14.4 Å². The van der Waals surface area contributed by atoms with Crippen molar-refractivity contribution in [3.63, 3.8) is 0 Å². The summed E-state index contributed by atoms with van der Waals surface area (Å²) in [4.78, 5) is 38.0. The normalized spacial score (nSPS) is 12.7. The van der Waals surface area contributed by atoms with Crippen LogP contribution in [0.1, 0.15) is 316 Å². The average Bonchev–Trinajstić information content (AvgIpc) is 3.43. The van der Waals surface area contributed by atoms with E-state index in [-0.39, 0.29) is 31.1 Å². The number of carbonyl (C=O) groups is 3. The van der Waals surface area contributed by atoms with Gasteiger partial charge in [0, 0.05) is 19.3 Å². The number of allylic oxidation sites excluding steroid dienone is 16. The molecule has 1 atom stereocenters. The fraction of sp³-hybridized carbons (Fsp3) is 0.732. The zero-order valence-corrected chi connectivity index (χ0v) is 50.7. The second-order valence-electron chi connectivity index (χ2n) is 21.6. The highest BCUT2D eigenvalue weighted by molar-refractivity contribution is 5.71. The Morgan fingerprint density at radius 2 is 0.506 bits per heavy atom. The molecule has 0 spiro atoms. The molecule has 0 amide bonds. The number of ether oxygens (including phenoxy) is 3. The molecule has 6 heteroatoms. The minimum Gasteiger partial charge on any atom is -0.462 e. The van der Waals surface area contributed by atoms with E-state index in [1.807, 2.05) is 0 Å². The predicted molar refractivity (Wildman–Crippen MR) is 334 cm³/mol. The highest BCUT2D eigenvalue weighted by Crippen LogP contribution is 2.17. The van der Waals surface area contributed by atoms with Crippen LogP contribution in [0.2, 0.25) is 0 Å². The van der Waals surface area contributed by atoms with Gasteiger partial charge < -0.3 is 14.2 Å². The Kier molecular flexibility index (Phi) is 61.8.